The van der Waals surface area contributed by atoms with E-state index in [2.05, 4.69) is 16.8 Å². The first-order chi connectivity index (χ1) is 9.04. The molecule has 0 saturated carbocycles. The molecule has 0 aliphatic heterocycles. The molecule has 19 heavy (non-hydrogen) atoms. The molecule has 0 aliphatic rings. The third-order valence-corrected chi connectivity index (χ3v) is 2.93. The lowest BCUT2D eigenvalue weighted by atomic mass is 9.99. The zero-order valence-electron chi connectivity index (χ0n) is 10.5. The summed E-state index contributed by atoms with van der Waals surface area (Å²) in [7, 11) is 0. The number of nitrogen functional groups attached to an aromatic ring is 1. The van der Waals surface area contributed by atoms with Crippen LogP contribution < -0.4 is 11.3 Å². The molecule has 96 valence electrons. The average Bonchev–Trinajstić information content (AvgIpc) is 2.43. The van der Waals surface area contributed by atoms with Crippen LogP contribution in [0.2, 0.25) is 0 Å². The summed E-state index contributed by atoms with van der Waals surface area (Å²) in [6.45, 7) is 5.30. The van der Waals surface area contributed by atoms with E-state index in [9.17, 15) is 4.79 Å². The van der Waals surface area contributed by atoms with Crippen molar-refractivity contribution < 1.29 is 0 Å². The molecule has 0 spiro atoms. The monoisotopic (exact) mass is 254 g/mol. The minimum absolute atomic E-state index is 0.148. The third kappa shape index (κ3) is 2.30. The number of aromatic nitrogens is 2. The standard InChI is InChI=1S/C14H14N4O/c1-3-9-4-6-10(7-5-9)12(15)11-8(2)14(19)18-17-13(11)16/h3-7,15H,1H2,2H3,(H2,16,17)(H,18,19). The number of hydrogen-bond donors (Lipinski definition) is 3. The molecule has 0 bridgehead atoms. The van der Waals surface area contributed by atoms with Crippen molar-refractivity contribution in [1.82, 2.24) is 10.2 Å². The number of benzene rings is 1. The highest BCUT2D eigenvalue weighted by molar-refractivity contribution is 6.14. The second-order valence-electron chi connectivity index (χ2n) is 4.14. The van der Waals surface area contributed by atoms with Crippen LogP contribution >= 0.6 is 0 Å². The Hall–Kier alpha value is -2.69. The third-order valence-electron chi connectivity index (χ3n) is 2.93. The Morgan fingerprint density at radius 3 is 2.63 bits per heavy atom. The van der Waals surface area contributed by atoms with Crippen molar-refractivity contribution in [3.05, 3.63) is 63.5 Å². The molecule has 0 atom stereocenters. The Kier molecular flexibility index (Phi) is 3.29. The van der Waals surface area contributed by atoms with Crippen molar-refractivity contribution in [3.8, 4) is 0 Å². The van der Waals surface area contributed by atoms with Gasteiger partial charge in [-0.25, -0.2) is 5.10 Å². The fourth-order valence-corrected chi connectivity index (χ4v) is 1.80. The predicted octanol–water partition coefficient (Wildman–Crippen LogP) is 1.72. The minimum atomic E-state index is -0.336. The molecule has 0 fully saturated rings. The van der Waals surface area contributed by atoms with Crippen LogP contribution in [0.25, 0.3) is 6.08 Å². The van der Waals surface area contributed by atoms with E-state index in [1.54, 1.807) is 25.1 Å². The summed E-state index contributed by atoms with van der Waals surface area (Å²) in [4.78, 5) is 11.5. The van der Waals surface area contributed by atoms with E-state index in [0.717, 1.165) is 5.56 Å². The summed E-state index contributed by atoms with van der Waals surface area (Å²) in [6, 6.07) is 7.28. The van der Waals surface area contributed by atoms with Crippen molar-refractivity contribution in [1.29, 1.82) is 5.41 Å². The van der Waals surface area contributed by atoms with Gasteiger partial charge in [0.1, 0.15) is 0 Å². The van der Waals surface area contributed by atoms with Crippen molar-refractivity contribution in [2.24, 2.45) is 0 Å². The predicted molar refractivity (Wildman–Crippen MR) is 76.5 cm³/mol. The molecular weight excluding hydrogens is 240 g/mol. The van der Waals surface area contributed by atoms with Crippen LogP contribution in [0.1, 0.15) is 22.3 Å². The highest BCUT2D eigenvalue weighted by atomic mass is 16.1. The summed E-state index contributed by atoms with van der Waals surface area (Å²) < 4.78 is 0. The maximum absolute atomic E-state index is 11.5. The van der Waals surface area contributed by atoms with E-state index in [0.29, 0.717) is 16.7 Å². The van der Waals surface area contributed by atoms with Gasteiger partial charge >= 0.3 is 0 Å². The Bertz CT molecular complexity index is 698. The molecular formula is C14H14N4O. The highest BCUT2D eigenvalue weighted by Crippen LogP contribution is 2.16. The quantitative estimate of drug-likeness (QED) is 0.728. The van der Waals surface area contributed by atoms with Gasteiger partial charge in [-0.15, -0.1) is 0 Å². The van der Waals surface area contributed by atoms with Gasteiger partial charge in [0, 0.05) is 11.1 Å². The van der Waals surface area contributed by atoms with E-state index >= 15 is 0 Å². The first-order valence-electron chi connectivity index (χ1n) is 5.71. The average molecular weight is 254 g/mol. The molecule has 2 rings (SSSR count). The first-order valence-corrected chi connectivity index (χ1v) is 5.71. The molecule has 1 heterocycles. The molecule has 0 radical (unpaired) electrons. The molecule has 5 nitrogen and oxygen atoms in total. The summed E-state index contributed by atoms with van der Waals surface area (Å²) in [5, 5.41) is 14.2. The van der Waals surface area contributed by atoms with Gasteiger partial charge in [-0.05, 0) is 12.5 Å². The number of anilines is 1. The van der Waals surface area contributed by atoms with Gasteiger partial charge < -0.3 is 5.73 Å². The van der Waals surface area contributed by atoms with Gasteiger partial charge in [-0.3, -0.25) is 10.2 Å². The van der Waals surface area contributed by atoms with Crippen LogP contribution in [0.3, 0.4) is 0 Å². The zero-order chi connectivity index (χ0) is 14.0. The number of aromatic amines is 1. The number of nitrogens with two attached hydrogens (primary N) is 1. The second-order valence-corrected chi connectivity index (χ2v) is 4.14. The van der Waals surface area contributed by atoms with Gasteiger partial charge in [0.15, 0.2) is 5.82 Å². The molecule has 1 aromatic carbocycles. The summed E-state index contributed by atoms with van der Waals surface area (Å²) in [6.07, 6.45) is 1.72. The van der Waals surface area contributed by atoms with Gasteiger partial charge in [0.2, 0.25) is 0 Å². The maximum atomic E-state index is 11.5. The van der Waals surface area contributed by atoms with E-state index in [-0.39, 0.29) is 17.1 Å². The van der Waals surface area contributed by atoms with Crippen LogP contribution in [-0.2, 0) is 0 Å². The second kappa shape index (κ2) is 4.89. The lowest BCUT2D eigenvalue weighted by Gasteiger charge is -2.09. The highest BCUT2D eigenvalue weighted by Gasteiger charge is 2.14. The summed E-state index contributed by atoms with van der Waals surface area (Å²) >= 11 is 0. The zero-order valence-corrected chi connectivity index (χ0v) is 10.5. The lowest BCUT2D eigenvalue weighted by Crippen LogP contribution is -2.20. The number of nitrogens with zero attached hydrogens (tertiary/aromatic N) is 1. The van der Waals surface area contributed by atoms with Crippen LogP contribution in [0, 0.1) is 12.3 Å². The summed E-state index contributed by atoms with van der Waals surface area (Å²) in [5.41, 5.74) is 8.00. The van der Waals surface area contributed by atoms with Gasteiger partial charge in [0.25, 0.3) is 5.56 Å². The number of rotatable bonds is 3. The van der Waals surface area contributed by atoms with Crippen molar-refractivity contribution in [3.63, 3.8) is 0 Å². The molecule has 1 aromatic heterocycles. The van der Waals surface area contributed by atoms with Crippen LogP contribution in [-0.4, -0.2) is 15.9 Å². The smallest absolute Gasteiger partial charge is 0.267 e. The molecule has 4 N–H and O–H groups in total. The lowest BCUT2D eigenvalue weighted by molar-refractivity contribution is 0.974. The van der Waals surface area contributed by atoms with E-state index in [4.69, 9.17) is 11.1 Å². The topological polar surface area (TPSA) is 95.6 Å². The molecule has 0 saturated heterocycles. The van der Waals surface area contributed by atoms with Crippen LogP contribution in [0.5, 0.6) is 0 Å². The van der Waals surface area contributed by atoms with Crippen molar-refractivity contribution in [2.75, 3.05) is 5.73 Å². The normalized spacial score (nSPS) is 10.2. The number of H-pyrrole nitrogens is 1. The maximum Gasteiger partial charge on any atom is 0.267 e. The SMILES string of the molecule is C=Cc1ccc(C(=N)c2c(N)n[nH]c(=O)c2C)cc1. The van der Waals surface area contributed by atoms with Gasteiger partial charge in [0.05, 0.1) is 11.3 Å². The number of nitrogens with one attached hydrogen (secondary N) is 2. The molecule has 2 aromatic rings. The van der Waals surface area contributed by atoms with Crippen LogP contribution in [0.15, 0.2) is 35.6 Å². The van der Waals surface area contributed by atoms with Crippen molar-refractivity contribution >= 4 is 17.6 Å². The van der Waals surface area contributed by atoms with E-state index in [1.165, 1.54) is 0 Å². The van der Waals surface area contributed by atoms with E-state index in [1.807, 2.05) is 12.1 Å². The first kappa shape index (κ1) is 12.8. The van der Waals surface area contributed by atoms with Gasteiger partial charge in [-0.1, -0.05) is 36.9 Å². The van der Waals surface area contributed by atoms with Crippen molar-refractivity contribution in [2.45, 2.75) is 6.92 Å². The Labute approximate surface area is 110 Å². The summed E-state index contributed by atoms with van der Waals surface area (Å²) in [5.74, 6) is 0.148. The largest absolute Gasteiger partial charge is 0.382 e. The Morgan fingerprint density at radius 1 is 1.42 bits per heavy atom. The van der Waals surface area contributed by atoms with E-state index < -0.39 is 0 Å². The number of hydrogen-bond acceptors (Lipinski definition) is 4. The molecule has 5 heteroatoms. The Balaban J connectivity index is 2.52. The fourth-order valence-electron chi connectivity index (χ4n) is 1.80. The molecule has 0 amide bonds. The molecule has 0 unspecified atom stereocenters. The Morgan fingerprint density at radius 2 is 2.05 bits per heavy atom. The minimum Gasteiger partial charge on any atom is -0.382 e. The van der Waals surface area contributed by atoms with Crippen LogP contribution in [0.4, 0.5) is 5.82 Å². The molecule has 0 aliphatic carbocycles. The fraction of sp³-hybridized carbons (Fsp3) is 0.0714. The van der Waals surface area contributed by atoms with Gasteiger partial charge in [-0.2, -0.15) is 5.10 Å².